The monoisotopic (exact) mass is 527 g/mol. The number of H-pyrrole nitrogens is 1. The van der Waals surface area contributed by atoms with Gasteiger partial charge in [0, 0.05) is 28.9 Å². The molecule has 3 aromatic heterocycles. The summed E-state index contributed by atoms with van der Waals surface area (Å²) in [6.07, 6.45) is 4.56. The van der Waals surface area contributed by atoms with Crippen molar-refractivity contribution in [2.75, 3.05) is 10.6 Å². The lowest BCUT2D eigenvalue weighted by Crippen LogP contribution is -2.35. The number of halogens is 2. The number of nitrogens with two attached hydrogens (primary N) is 1. The van der Waals surface area contributed by atoms with Crippen molar-refractivity contribution in [3.63, 3.8) is 0 Å². The Morgan fingerprint density at radius 3 is 2.62 bits per heavy atom. The van der Waals surface area contributed by atoms with Crippen LogP contribution < -0.4 is 16.4 Å². The number of nitrogens with zero attached hydrogens (tertiary/aromatic N) is 3. The average Bonchev–Trinajstić information content (AvgIpc) is 3.42. The second-order valence-corrected chi connectivity index (χ2v) is 9.29. The number of hydrogen-bond donors (Lipinski definition) is 4. The molecule has 5 aromatic rings. The molecule has 0 fully saturated rings. The van der Waals surface area contributed by atoms with Gasteiger partial charge < -0.3 is 21.4 Å². The van der Waals surface area contributed by atoms with Crippen molar-refractivity contribution >= 4 is 40.0 Å². The van der Waals surface area contributed by atoms with Gasteiger partial charge in [0.15, 0.2) is 5.82 Å². The molecule has 0 atom stereocenters. The topological polar surface area (TPSA) is 139 Å². The Labute approximate surface area is 221 Å². The number of primary amides is 1. The van der Waals surface area contributed by atoms with E-state index in [-0.39, 0.29) is 17.1 Å². The fourth-order valence-electron chi connectivity index (χ4n) is 4.05. The normalized spacial score (nSPS) is 11.4. The summed E-state index contributed by atoms with van der Waals surface area (Å²) in [6.45, 7) is 3.27. The molecule has 0 unspecified atom stereocenters. The van der Waals surface area contributed by atoms with E-state index in [4.69, 9.17) is 5.73 Å². The number of amides is 2. The van der Waals surface area contributed by atoms with E-state index in [1.807, 2.05) is 0 Å². The molecule has 11 heteroatoms. The van der Waals surface area contributed by atoms with Gasteiger partial charge >= 0.3 is 0 Å². The van der Waals surface area contributed by atoms with Crippen molar-refractivity contribution < 1.29 is 18.4 Å². The number of nitrogens with one attached hydrogen (secondary N) is 3. The first-order valence-electron chi connectivity index (χ1n) is 11.9. The highest BCUT2D eigenvalue weighted by Gasteiger charge is 2.28. The van der Waals surface area contributed by atoms with Gasteiger partial charge in [0.05, 0.1) is 16.8 Å². The molecule has 0 aliphatic carbocycles. The van der Waals surface area contributed by atoms with E-state index in [1.165, 1.54) is 24.7 Å². The number of aromatic nitrogens is 4. The van der Waals surface area contributed by atoms with Crippen LogP contribution in [-0.4, -0.2) is 31.8 Å². The first-order chi connectivity index (χ1) is 18.7. The third-order valence-corrected chi connectivity index (χ3v) is 6.46. The Balaban J connectivity index is 1.46. The summed E-state index contributed by atoms with van der Waals surface area (Å²) < 4.78 is 30.4. The van der Waals surface area contributed by atoms with Crippen LogP contribution in [0, 0.1) is 11.6 Å². The molecule has 0 aliphatic heterocycles. The van der Waals surface area contributed by atoms with E-state index in [9.17, 15) is 14.0 Å². The zero-order chi connectivity index (χ0) is 27.7. The van der Waals surface area contributed by atoms with Crippen molar-refractivity contribution in [1.29, 1.82) is 0 Å². The van der Waals surface area contributed by atoms with Crippen molar-refractivity contribution in [2.45, 2.75) is 19.3 Å². The molecule has 0 saturated carbocycles. The van der Waals surface area contributed by atoms with E-state index < -0.39 is 34.6 Å². The maximum atomic E-state index is 15.6. The highest BCUT2D eigenvalue weighted by Crippen LogP contribution is 2.34. The minimum Gasteiger partial charge on any atom is -0.369 e. The SMILES string of the molecule is CC(C)(C(N)=O)c1cccc(C(=O)Nc2ccc(F)c(Nc3ncccc3-c3ncnc4[nH]ccc34)c2F)c1. The second kappa shape index (κ2) is 9.93. The van der Waals surface area contributed by atoms with Crippen molar-refractivity contribution in [1.82, 2.24) is 19.9 Å². The summed E-state index contributed by atoms with van der Waals surface area (Å²) in [5, 5.41) is 5.90. The number of fused-ring (bicyclic) bond motifs is 1. The molecule has 196 valence electrons. The second-order valence-electron chi connectivity index (χ2n) is 9.29. The standard InChI is InChI=1S/C28H23F2N7O2/c1-28(2,27(31)39)16-6-3-5-15(13-16)26(38)36-20-9-8-19(29)23(21(20)30)37-25-17(7-4-11-32-25)22-18-10-12-33-24(18)35-14-34-22/h3-14H,1-2H3,(H2,31,39)(H,32,37)(H,36,38)(H,33,34,35). The Morgan fingerprint density at radius 2 is 1.82 bits per heavy atom. The molecule has 0 bridgehead atoms. The maximum Gasteiger partial charge on any atom is 0.255 e. The predicted octanol–water partition coefficient (Wildman–Crippen LogP) is 5.06. The number of rotatable bonds is 7. The Morgan fingerprint density at radius 1 is 1.00 bits per heavy atom. The number of hydrogen-bond acceptors (Lipinski definition) is 6. The molecule has 9 nitrogen and oxygen atoms in total. The van der Waals surface area contributed by atoms with Crippen LogP contribution in [-0.2, 0) is 10.2 Å². The van der Waals surface area contributed by atoms with Crippen LogP contribution >= 0.6 is 0 Å². The van der Waals surface area contributed by atoms with Crippen LogP contribution in [0.5, 0.6) is 0 Å². The summed E-state index contributed by atoms with van der Waals surface area (Å²) in [5.74, 6) is -2.97. The lowest BCUT2D eigenvalue weighted by molar-refractivity contribution is -0.122. The number of anilines is 3. The Kier molecular flexibility index (Phi) is 6.48. The number of aromatic amines is 1. The van der Waals surface area contributed by atoms with Crippen LogP contribution in [0.25, 0.3) is 22.3 Å². The van der Waals surface area contributed by atoms with Crippen LogP contribution in [0.15, 0.2) is 73.3 Å². The first kappa shape index (κ1) is 25.5. The van der Waals surface area contributed by atoms with Gasteiger partial charge in [-0.2, -0.15) is 0 Å². The van der Waals surface area contributed by atoms with Gasteiger partial charge in [-0.15, -0.1) is 0 Å². The quantitative estimate of drug-likeness (QED) is 0.233. The van der Waals surface area contributed by atoms with Crippen LogP contribution in [0.1, 0.15) is 29.8 Å². The molecule has 5 N–H and O–H groups in total. The van der Waals surface area contributed by atoms with Crippen molar-refractivity contribution in [3.8, 4) is 11.3 Å². The molecule has 0 radical (unpaired) electrons. The molecule has 0 spiro atoms. The maximum absolute atomic E-state index is 15.6. The molecule has 0 saturated heterocycles. The first-order valence-corrected chi connectivity index (χ1v) is 11.9. The lowest BCUT2D eigenvalue weighted by Gasteiger charge is -2.21. The van der Waals surface area contributed by atoms with Gasteiger partial charge in [-0.3, -0.25) is 9.59 Å². The van der Waals surface area contributed by atoms with E-state index >= 15 is 4.39 Å². The van der Waals surface area contributed by atoms with Crippen molar-refractivity contribution in [3.05, 3.63) is 96.1 Å². The molecule has 5 rings (SSSR count). The zero-order valence-electron chi connectivity index (χ0n) is 20.9. The van der Waals surface area contributed by atoms with Gasteiger partial charge in [-0.25, -0.2) is 23.7 Å². The summed E-state index contributed by atoms with van der Waals surface area (Å²) in [6, 6.07) is 13.6. The van der Waals surface area contributed by atoms with E-state index in [0.717, 1.165) is 12.1 Å². The summed E-state index contributed by atoms with van der Waals surface area (Å²) in [5.41, 5.74) is 6.01. The molecule has 39 heavy (non-hydrogen) atoms. The van der Waals surface area contributed by atoms with Crippen LogP contribution in [0.2, 0.25) is 0 Å². The summed E-state index contributed by atoms with van der Waals surface area (Å²) in [4.78, 5) is 40.6. The number of carbonyl (C=O) groups excluding carboxylic acids is 2. The van der Waals surface area contributed by atoms with Gasteiger partial charge in [0.1, 0.15) is 29.3 Å². The highest BCUT2D eigenvalue weighted by molar-refractivity contribution is 6.05. The molecular weight excluding hydrogens is 504 g/mol. The summed E-state index contributed by atoms with van der Waals surface area (Å²) >= 11 is 0. The van der Waals surface area contributed by atoms with Gasteiger partial charge in [0.2, 0.25) is 5.91 Å². The smallest absolute Gasteiger partial charge is 0.255 e. The van der Waals surface area contributed by atoms with E-state index in [2.05, 4.69) is 30.6 Å². The lowest BCUT2D eigenvalue weighted by atomic mass is 9.83. The zero-order valence-corrected chi connectivity index (χ0v) is 20.9. The minimum absolute atomic E-state index is 0.154. The fraction of sp³-hybridized carbons (Fsp3) is 0.107. The van der Waals surface area contributed by atoms with Crippen LogP contribution in [0.3, 0.4) is 0 Å². The Bertz CT molecular complexity index is 1730. The Hall–Kier alpha value is -5.19. The largest absolute Gasteiger partial charge is 0.369 e. The molecule has 3 heterocycles. The fourth-order valence-corrected chi connectivity index (χ4v) is 4.05. The van der Waals surface area contributed by atoms with Gasteiger partial charge in [-0.1, -0.05) is 12.1 Å². The minimum atomic E-state index is -1.02. The third-order valence-electron chi connectivity index (χ3n) is 6.46. The molecule has 2 aromatic carbocycles. The van der Waals surface area contributed by atoms with Gasteiger partial charge in [-0.05, 0) is 61.9 Å². The predicted molar refractivity (Wildman–Crippen MR) is 143 cm³/mol. The van der Waals surface area contributed by atoms with Crippen molar-refractivity contribution in [2.24, 2.45) is 5.73 Å². The summed E-state index contributed by atoms with van der Waals surface area (Å²) in [7, 11) is 0. The van der Waals surface area contributed by atoms with E-state index in [0.29, 0.717) is 27.9 Å². The molecule has 0 aliphatic rings. The number of pyridine rings is 1. The highest BCUT2D eigenvalue weighted by atomic mass is 19.1. The average molecular weight is 528 g/mol. The van der Waals surface area contributed by atoms with Crippen LogP contribution in [0.4, 0.5) is 26.0 Å². The van der Waals surface area contributed by atoms with E-state index in [1.54, 1.807) is 50.4 Å². The molecule has 2 amide bonds. The molecular formula is C28H23F2N7O2. The number of carbonyl (C=O) groups is 2. The van der Waals surface area contributed by atoms with Gasteiger partial charge in [0.25, 0.3) is 5.91 Å². The third kappa shape index (κ3) is 4.77. The number of benzene rings is 2.